The van der Waals surface area contributed by atoms with E-state index in [4.69, 9.17) is 0 Å². The molecule has 1 N–H and O–H groups in total. The molecule has 0 radical (unpaired) electrons. The van der Waals surface area contributed by atoms with Gasteiger partial charge < -0.3 is 10.2 Å². The molecule has 0 amide bonds. The molecular weight excluding hydrogens is 220 g/mol. The van der Waals surface area contributed by atoms with Gasteiger partial charge in [-0.25, -0.2) is 0 Å². The Balaban J connectivity index is 2.38. The molecule has 102 valence electrons. The summed E-state index contributed by atoms with van der Waals surface area (Å²) >= 11 is 0. The molecule has 2 nitrogen and oxygen atoms in total. The summed E-state index contributed by atoms with van der Waals surface area (Å²) in [5, 5.41) is 3.35. The summed E-state index contributed by atoms with van der Waals surface area (Å²) in [6.07, 6.45) is 1.27. The van der Waals surface area contributed by atoms with Crippen LogP contribution in [-0.2, 0) is 13.1 Å². The van der Waals surface area contributed by atoms with E-state index in [2.05, 4.69) is 62.3 Å². The Labute approximate surface area is 112 Å². The summed E-state index contributed by atoms with van der Waals surface area (Å²) in [6, 6.07) is 8.96. The molecule has 2 heteroatoms. The van der Waals surface area contributed by atoms with Gasteiger partial charge in [-0.05, 0) is 43.6 Å². The first-order valence-corrected chi connectivity index (χ1v) is 7.09. The van der Waals surface area contributed by atoms with Gasteiger partial charge in [0.05, 0.1) is 0 Å². The average molecular weight is 248 g/mol. The highest BCUT2D eigenvalue weighted by Crippen LogP contribution is 2.08. The summed E-state index contributed by atoms with van der Waals surface area (Å²) in [6.45, 7) is 10.9. The molecule has 0 atom stereocenters. The first-order chi connectivity index (χ1) is 8.61. The van der Waals surface area contributed by atoms with Crippen molar-refractivity contribution in [2.45, 2.75) is 40.3 Å². The van der Waals surface area contributed by atoms with Crippen molar-refractivity contribution in [3.8, 4) is 0 Å². The summed E-state index contributed by atoms with van der Waals surface area (Å²) in [5.74, 6) is 0.787. The van der Waals surface area contributed by atoms with Gasteiger partial charge in [0.15, 0.2) is 0 Å². The van der Waals surface area contributed by atoms with E-state index in [1.807, 2.05) is 0 Å². The summed E-state index contributed by atoms with van der Waals surface area (Å²) in [5.41, 5.74) is 2.77. The standard InChI is InChI=1S/C16H28N2/c1-5-17-12-15-6-8-16(9-7-15)13-18(4)11-10-14(2)3/h6-9,14,17H,5,10-13H2,1-4H3. The lowest BCUT2D eigenvalue weighted by molar-refractivity contribution is 0.303. The number of nitrogens with one attached hydrogen (secondary N) is 1. The number of hydrogen-bond acceptors (Lipinski definition) is 2. The van der Waals surface area contributed by atoms with E-state index in [1.54, 1.807) is 0 Å². The zero-order chi connectivity index (χ0) is 13.4. The molecule has 0 aromatic heterocycles. The van der Waals surface area contributed by atoms with Crippen LogP contribution in [0, 0.1) is 5.92 Å². The second-order valence-electron chi connectivity index (χ2n) is 5.52. The van der Waals surface area contributed by atoms with Crippen LogP contribution in [0.1, 0.15) is 38.3 Å². The van der Waals surface area contributed by atoms with Crippen molar-refractivity contribution in [3.05, 3.63) is 35.4 Å². The average Bonchev–Trinajstić information content (AvgIpc) is 2.35. The van der Waals surface area contributed by atoms with Crippen molar-refractivity contribution in [2.24, 2.45) is 5.92 Å². The van der Waals surface area contributed by atoms with Crippen LogP contribution >= 0.6 is 0 Å². The second kappa shape index (κ2) is 8.28. The maximum absolute atomic E-state index is 3.35. The Hall–Kier alpha value is -0.860. The molecule has 0 fully saturated rings. The van der Waals surface area contributed by atoms with Crippen LogP contribution in [0.25, 0.3) is 0 Å². The third-order valence-electron chi connectivity index (χ3n) is 3.14. The lowest BCUT2D eigenvalue weighted by Crippen LogP contribution is -2.20. The van der Waals surface area contributed by atoms with Gasteiger partial charge in [0, 0.05) is 13.1 Å². The van der Waals surface area contributed by atoms with E-state index in [0.29, 0.717) is 0 Å². The largest absolute Gasteiger partial charge is 0.313 e. The Bertz CT molecular complexity index is 316. The molecule has 0 aliphatic rings. The molecule has 1 aromatic rings. The number of hydrogen-bond donors (Lipinski definition) is 1. The quantitative estimate of drug-likeness (QED) is 0.759. The van der Waals surface area contributed by atoms with E-state index in [1.165, 1.54) is 24.1 Å². The fourth-order valence-electron chi connectivity index (χ4n) is 1.90. The molecule has 0 saturated heterocycles. The van der Waals surface area contributed by atoms with Crippen molar-refractivity contribution in [2.75, 3.05) is 20.1 Å². The van der Waals surface area contributed by atoms with Gasteiger partial charge in [-0.15, -0.1) is 0 Å². The van der Waals surface area contributed by atoms with Gasteiger partial charge in [0.1, 0.15) is 0 Å². The van der Waals surface area contributed by atoms with E-state index >= 15 is 0 Å². The molecule has 0 unspecified atom stereocenters. The van der Waals surface area contributed by atoms with Gasteiger partial charge in [-0.2, -0.15) is 0 Å². The first kappa shape index (κ1) is 15.2. The monoisotopic (exact) mass is 248 g/mol. The van der Waals surface area contributed by atoms with Crippen LogP contribution in [0.15, 0.2) is 24.3 Å². The van der Waals surface area contributed by atoms with Crippen molar-refractivity contribution in [1.82, 2.24) is 10.2 Å². The van der Waals surface area contributed by atoms with Gasteiger partial charge in [0.25, 0.3) is 0 Å². The van der Waals surface area contributed by atoms with Crippen LogP contribution in [0.2, 0.25) is 0 Å². The van der Waals surface area contributed by atoms with Gasteiger partial charge in [0.2, 0.25) is 0 Å². The third kappa shape index (κ3) is 6.18. The predicted molar refractivity (Wildman–Crippen MR) is 79.6 cm³/mol. The molecule has 0 aliphatic heterocycles. The molecule has 18 heavy (non-hydrogen) atoms. The Morgan fingerprint density at radius 3 is 2.28 bits per heavy atom. The first-order valence-electron chi connectivity index (χ1n) is 7.09. The molecule has 0 spiro atoms. The topological polar surface area (TPSA) is 15.3 Å². The fourth-order valence-corrected chi connectivity index (χ4v) is 1.90. The van der Waals surface area contributed by atoms with Crippen LogP contribution in [-0.4, -0.2) is 25.0 Å². The van der Waals surface area contributed by atoms with E-state index in [-0.39, 0.29) is 0 Å². The van der Waals surface area contributed by atoms with Gasteiger partial charge in [-0.3, -0.25) is 0 Å². The normalized spacial score (nSPS) is 11.4. The highest BCUT2D eigenvalue weighted by Gasteiger charge is 2.02. The molecule has 0 saturated carbocycles. The number of nitrogens with zero attached hydrogens (tertiary/aromatic N) is 1. The summed E-state index contributed by atoms with van der Waals surface area (Å²) in [4.78, 5) is 2.40. The van der Waals surface area contributed by atoms with E-state index in [0.717, 1.165) is 25.6 Å². The second-order valence-corrected chi connectivity index (χ2v) is 5.52. The predicted octanol–water partition coefficient (Wildman–Crippen LogP) is 3.27. The smallest absolute Gasteiger partial charge is 0.0230 e. The number of rotatable bonds is 8. The Morgan fingerprint density at radius 1 is 1.11 bits per heavy atom. The summed E-state index contributed by atoms with van der Waals surface area (Å²) < 4.78 is 0. The lowest BCUT2D eigenvalue weighted by Gasteiger charge is -2.18. The van der Waals surface area contributed by atoms with E-state index in [9.17, 15) is 0 Å². The van der Waals surface area contributed by atoms with Crippen LogP contribution < -0.4 is 5.32 Å². The molecule has 0 aliphatic carbocycles. The minimum absolute atomic E-state index is 0.787. The van der Waals surface area contributed by atoms with Gasteiger partial charge in [-0.1, -0.05) is 45.0 Å². The molecule has 1 rings (SSSR count). The number of benzene rings is 1. The van der Waals surface area contributed by atoms with Crippen LogP contribution in [0.3, 0.4) is 0 Å². The molecule has 0 heterocycles. The van der Waals surface area contributed by atoms with E-state index < -0.39 is 0 Å². The zero-order valence-corrected chi connectivity index (χ0v) is 12.4. The van der Waals surface area contributed by atoms with Crippen molar-refractivity contribution >= 4 is 0 Å². The Morgan fingerprint density at radius 2 is 1.72 bits per heavy atom. The van der Waals surface area contributed by atoms with Crippen molar-refractivity contribution < 1.29 is 0 Å². The third-order valence-corrected chi connectivity index (χ3v) is 3.14. The molecule has 1 aromatic carbocycles. The molecule has 0 bridgehead atoms. The highest BCUT2D eigenvalue weighted by molar-refractivity contribution is 5.22. The zero-order valence-electron chi connectivity index (χ0n) is 12.4. The highest BCUT2D eigenvalue weighted by atomic mass is 15.1. The Kier molecular flexibility index (Phi) is 6.99. The van der Waals surface area contributed by atoms with Crippen LogP contribution in [0.4, 0.5) is 0 Å². The molecular formula is C16H28N2. The summed E-state index contributed by atoms with van der Waals surface area (Å²) in [7, 11) is 2.20. The van der Waals surface area contributed by atoms with Gasteiger partial charge >= 0.3 is 0 Å². The maximum Gasteiger partial charge on any atom is 0.0230 e. The lowest BCUT2D eigenvalue weighted by atomic mass is 10.1. The van der Waals surface area contributed by atoms with Crippen molar-refractivity contribution in [1.29, 1.82) is 0 Å². The minimum atomic E-state index is 0.787. The maximum atomic E-state index is 3.35. The van der Waals surface area contributed by atoms with Crippen LogP contribution in [0.5, 0.6) is 0 Å². The minimum Gasteiger partial charge on any atom is -0.313 e. The SMILES string of the molecule is CCNCc1ccc(CN(C)CCC(C)C)cc1. The van der Waals surface area contributed by atoms with Crippen molar-refractivity contribution in [3.63, 3.8) is 0 Å². The fraction of sp³-hybridized carbons (Fsp3) is 0.625.